The van der Waals surface area contributed by atoms with E-state index in [0.717, 1.165) is 16.8 Å². The Morgan fingerprint density at radius 3 is 2.61 bits per heavy atom. The number of hydrogen-bond donors (Lipinski definition) is 2. The predicted molar refractivity (Wildman–Crippen MR) is 68.9 cm³/mol. The lowest BCUT2D eigenvalue weighted by Crippen LogP contribution is -1.87. The molecule has 0 amide bonds. The molecule has 6 heteroatoms. The zero-order valence-electron chi connectivity index (χ0n) is 9.22. The molecule has 90 valence electrons. The van der Waals surface area contributed by atoms with Crippen LogP contribution >= 0.6 is 11.6 Å². The first-order valence-electron chi connectivity index (χ1n) is 5.26. The minimum atomic E-state index is 0.266. The fourth-order valence-electron chi connectivity index (χ4n) is 1.77. The molecule has 0 saturated carbocycles. The van der Waals surface area contributed by atoms with E-state index < -0.39 is 0 Å². The molecule has 3 rings (SSSR count). The molecule has 0 aliphatic carbocycles. The van der Waals surface area contributed by atoms with Gasteiger partial charge in [-0.1, -0.05) is 28.9 Å². The number of H-pyrrole nitrogens is 1. The molecular formula is C12H9ClN4O. The van der Waals surface area contributed by atoms with Crippen LogP contribution in [0.1, 0.15) is 0 Å². The molecule has 0 bridgehead atoms. The van der Waals surface area contributed by atoms with Crippen LogP contribution in [0.5, 0.6) is 0 Å². The Balaban J connectivity index is 2.17. The van der Waals surface area contributed by atoms with Gasteiger partial charge >= 0.3 is 0 Å². The maximum absolute atomic E-state index is 5.87. The summed E-state index contributed by atoms with van der Waals surface area (Å²) in [6.07, 6.45) is 1.64. The largest absolute Gasteiger partial charge is 0.367 e. The highest BCUT2D eigenvalue weighted by Gasteiger charge is 2.18. The third-order valence-electron chi connectivity index (χ3n) is 2.61. The predicted octanol–water partition coefficient (Wildman–Crippen LogP) is 2.97. The summed E-state index contributed by atoms with van der Waals surface area (Å²) in [4.78, 5) is 0. The number of aromatic amines is 1. The molecule has 0 unspecified atom stereocenters. The van der Waals surface area contributed by atoms with E-state index >= 15 is 0 Å². The molecule has 0 aliphatic rings. The molecule has 0 radical (unpaired) electrons. The van der Waals surface area contributed by atoms with Crippen molar-refractivity contribution in [2.75, 3.05) is 5.73 Å². The first kappa shape index (κ1) is 10.9. The first-order chi connectivity index (χ1) is 8.75. The Morgan fingerprint density at radius 1 is 1.17 bits per heavy atom. The van der Waals surface area contributed by atoms with Gasteiger partial charge in [-0.2, -0.15) is 5.10 Å². The summed E-state index contributed by atoms with van der Waals surface area (Å²) < 4.78 is 5.05. The van der Waals surface area contributed by atoms with Gasteiger partial charge in [-0.3, -0.25) is 5.10 Å². The number of rotatable bonds is 2. The second kappa shape index (κ2) is 4.19. The summed E-state index contributed by atoms with van der Waals surface area (Å²) >= 11 is 5.87. The average Bonchev–Trinajstić information content (AvgIpc) is 2.99. The third-order valence-corrected chi connectivity index (χ3v) is 2.86. The smallest absolute Gasteiger partial charge is 0.230 e. The van der Waals surface area contributed by atoms with E-state index in [-0.39, 0.29) is 5.88 Å². The Bertz CT molecular complexity index is 658. The monoisotopic (exact) mass is 260 g/mol. The maximum atomic E-state index is 5.87. The van der Waals surface area contributed by atoms with Crippen LogP contribution in [0.4, 0.5) is 5.88 Å². The maximum Gasteiger partial charge on any atom is 0.230 e. The van der Waals surface area contributed by atoms with Crippen molar-refractivity contribution in [3.8, 4) is 22.5 Å². The van der Waals surface area contributed by atoms with Gasteiger partial charge in [-0.05, 0) is 23.8 Å². The first-order valence-corrected chi connectivity index (χ1v) is 5.64. The number of aromatic nitrogens is 3. The fourth-order valence-corrected chi connectivity index (χ4v) is 1.90. The van der Waals surface area contributed by atoms with Gasteiger partial charge in [-0.25, -0.2) is 0 Å². The van der Waals surface area contributed by atoms with Gasteiger partial charge in [0.05, 0.1) is 11.3 Å². The van der Waals surface area contributed by atoms with Crippen molar-refractivity contribution >= 4 is 17.5 Å². The van der Waals surface area contributed by atoms with Crippen LogP contribution in [-0.2, 0) is 0 Å². The number of nitrogens with two attached hydrogens (primary N) is 1. The normalized spacial score (nSPS) is 10.7. The van der Waals surface area contributed by atoms with Crippen LogP contribution in [0.3, 0.4) is 0 Å². The number of nitrogens with one attached hydrogen (secondary N) is 1. The highest BCUT2D eigenvalue weighted by atomic mass is 35.5. The number of nitrogen functional groups attached to an aromatic ring is 1. The summed E-state index contributed by atoms with van der Waals surface area (Å²) in [5.74, 6) is 0.266. The summed E-state index contributed by atoms with van der Waals surface area (Å²) in [6.45, 7) is 0. The second-order valence-corrected chi connectivity index (χ2v) is 4.18. The second-order valence-electron chi connectivity index (χ2n) is 3.75. The Labute approximate surface area is 108 Å². The van der Waals surface area contributed by atoms with Gasteiger partial charge in [0.15, 0.2) is 0 Å². The van der Waals surface area contributed by atoms with Crippen molar-refractivity contribution in [3.63, 3.8) is 0 Å². The van der Waals surface area contributed by atoms with Crippen molar-refractivity contribution < 1.29 is 4.52 Å². The fraction of sp³-hybridized carbons (Fsp3) is 0. The van der Waals surface area contributed by atoms with Crippen molar-refractivity contribution in [2.45, 2.75) is 0 Å². The zero-order valence-corrected chi connectivity index (χ0v) is 9.98. The summed E-state index contributed by atoms with van der Waals surface area (Å²) in [5.41, 5.74) is 8.83. The molecule has 2 heterocycles. The lowest BCUT2D eigenvalue weighted by Gasteiger charge is -2.01. The average molecular weight is 261 g/mol. The quantitative estimate of drug-likeness (QED) is 0.742. The highest BCUT2D eigenvalue weighted by molar-refractivity contribution is 6.30. The Kier molecular flexibility index (Phi) is 2.53. The number of nitrogens with zero attached hydrogens (tertiary/aromatic N) is 2. The van der Waals surface area contributed by atoms with Gasteiger partial charge in [0, 0.05) is 11.2 Å². The molecule has 5 nitrogen and oxygen atoms in total. The Morgan fingerprint density at radius 2 is 1.94 bits per heavy atom. The molecular weight excluding hydrogens is 252 g/mol. The number of halogens is 1. The van der Waals surface area contributed by atoms with Gasteiger partial charge in [0.2, 0.25) is 5.88 Å². The van der Waals surface area contributed by atoms with E-state index in [4.69, 9.17) is 21.9 Å². The van der Waals surface area contributed by atoms with E-state index in [1.54, 1.807) is 24.4 Å². The molecule has 2 aromatic heterocycles. The summed E-state index contributed by atoms with van der Waals surface area (Å²) in [5, 5.41) is 11.3. The molecule has 0 spiro atoms. The van der Waals surface area contributed by atoms with Gasteiger partial charge in [0.1, 0.15) is 5.69 Å². The van der Waals surface area contributed by atoms with Crippen molar-refractivity contribution in [3.05, 3.63) is 41.6 Å². The lowest BCUT2D eigenvalue weighted by atomic mass is 10.0. The van der Waals surface area contributed by atoms with Crippen LogP contribution in [0, 0.1) is 0 Å². The summed E-state index contributed by atoms with van der Waals surface area (Å²) in [7, 11) is 0. The van der Waals surface area contributed by atoms with Crippen LogP contribution < -0.4 is 5.73 Å². The van der Waals surface area contributed by atoms with Crippen LogP contribution in [0.15, 0.2) is 41.1 Å². The highest BCUT2D eigenvalue weighted by Crippen LogP contribution is 2.35. The van der Waals surface area contributed by atoms with Crippen molar-refractivity contribution in [2.24, 2.45) is 0 Å². The minimum Gasteiger partial charge on any atom is -0.367 e. The summed E-state index contributed by atoms with van der Waals surface area (Å²) in [6, 6.07) is 9.12. The van der Waals surface area contributed by atoms with Crippen LogP contribution in [0.25, 0.3) is 22.5 Å². The molecule has 1 aromatic carbocycles. The van der Waals surface area contributed by atoms with E-state index in [1.165, 1.54) is 0 Å². The molecule has 3 aromatic rings. The molecule has 0 fully saturated rings. The van der Waals surface area contributed by atoms with Gasteiger partial charge < -0.3 is 10.3 Å². The van der Waals surface area contributed by atoms with E-state index in [1.807, 2.05) is 12.1 Å². The minimum absolute atomic E-state index is 0.266. The number of hydrogen-bond acceptors (Lipinski definition) is 4. The van der Waals surface area contributed by atoms with Crippen molar-refractivity contribution in [1.29, 1.82) is 0 Å². The molecule has 18 heavy (non-hydrogen) atoms. The van der Waals surface area contributed by atoms with E-state index in [0.29, 0.717) is 10.7 Å². The lowest BCUT2D eigenvalue weighted by molar-refractivity contribution is 0.439. The molecule has 3 N–H and O–H groups in total. The zero-order chi connectivity index (χ0) is 12.5. The Hall–Kier alpha value is -2.27. The SMILES string of the molecule is Nc1onc(-c2ccn[nH]2)c1-c1ccc(Cl)cc1. The third kappa shape index (κ3) is 1.74. The molecule has 0 aliphatic heterocycles. The van der Waals surface area contributed by atoms with Crippen molar-refractivity contribution in [1.82, 2.24) is 15.4 Å². The van der Waals surface area contributed by atoms with E-state index in [9.17, 15) is 0 Å². The molecule has 0 atom stereocenters. The number of benzene rings is 1. The van der Waals surface area contributed by atoms with Gasteiger partial charge in [-0.15, -0.1) is 0 Å². The topological polar surface area (TPSA) is 80.7 Å². The van der Waals surface area contributed by atoms with Crippen LogP contribution in [-0.4, -0.2) is 15.4 Å². The van der Waals surface area contributed by atoms with Gasteiger partial charge in [0.25, 0.3) is 0 Å². The number of anilines is 1. The standard InChI is InChI=1S/C12H9ClN4O/c13-8-3-1-7(2-4-8)10-11(17-18-12(10)14)9-5-6-15-16-9/h1-6H,14H2,(H,15,16). The molecule has 0 saturated heterocycles. The van der Waals surface area contributed by atoms with E-state index in [2.05, 4.69) is 15.4 Å². The van der Waals surface area contributed by atoms with Crippen LogP contribution in [0.2, 0.25) is 5.02 Å².